The number of nitrogens with zero attached hydrogens (tertiary/aromatic N) is 2. The Labute approximate surface area is 76.4 Å². The third kappa shape index (κ3) is 3.38. The zero-order chi connectivity index (χ0) is 10.1. The Bertz CT molecular complexity index is 168. The van der Waals surface area contributed by atoms with Crippen LogP contribution in [0.15, 0.2) is 0 Å². The highest BCUT2D eigenvalue weighted by Crippen LogP contribution is 2.47. The monoisotopic (exact) mass is 216 g/mol. The molecule has 0 atom stereocenters. The molecule has 1 heterocycles. The third-order valence-corrected chi connectivity index (χ3v) is 3.60. The third-order valence-electron chi connectivity index (χ3n) is 1.68. The van der Waals surface area contributed by atoms with E-state index in [2.05, 4.69) is 0 Å². The average molecular weight is 216 g/mol. The van der Waals surface area contributed by atoms with Crippen LogP contribution >= 0.6 is 8.45 Å². The van der Waals surface area contributed by atoms with Crippen LogP contribution in [0, 0.1) is 0 Å². The van der Waals surface area contributed by atoms with Crippen molar-refractivity contribution in [1.82, 2.24) is 9.34 Å². The van der Waals surface area contributed by atoms with Gasteiger partial charge in [-0.05, 0) is 14.1 Å². The molecule has 1 aliphatic heterocycles. The lowest BCUT2D eigenvalue weighted by molar-refractivity contribution is -0.153. The minimum Gasteiger partial charge on any atom is -0.322 e. The number of hydrogen-bond acceptors (Lipinski definition) is 3. The molecule has 0 N–H and O–H groups in total. The Morgan fingerprint density at radius 3 is 2.08 bits per heavy atom. The van der Waals surface area contributed by atoms with Gasteiger partial charge in [-0.1, -0.05) is 0 Å². The first-order valence-corrected chi connectivity index (χ1v) is 4.98. The zero-order valence-electron chi connectivity index (χ0n) is 7.51. The van der Waals surface area contributed by atoms with Crippen molar-refractivity contribution >= 4 is 8.45 Å². The average Bonchev–Trinajstić information content (AvgIpc) is 2.27. The van der Waals surface area contributed by atoms with Gasteiger partial charge >= 0.3 is 6.18 Å². The molecule has 78 valence electrons. The van der Waals surface area contributed by atoms with Crippen molar-refractivity contribution in [2.45, 2.75) is 6.18 Å². The zero-order valence-corrected chi connectivity index (χ0v) is 8.40. The molecular weight excluding hydrogens is 204 g/mol. The van der Waals surface area contributed by atoms with E-state index in [9.17, 15) is 13.2 Å². The molecule has 0 aromatic carbocycles. The maximum absolute atomic E-state index is 11.8. The Kier molecular flexibility index (Phi) is 3.51. The number of halogens is 3. The molecule has 1 saturated heterocycles. The first-order valence-electron chi connectivity index (χ1n) is 3.82. The van der Waals surface area contributed by atoms with Crippen molar-refractivity contribution in [3.8, 4) is 0 Å². The standard InChI is InChI=1S/C6H12F3N2OP/c1-10-3-4-11(2)13(10)12-5-6(7,8)9/h3-5H2,1-2H3. The van der Waals surface area contributed by atoms with Gasteiger partial charge in [0.15, 0.2) is 8.45 Å². The van der Waals surface area contributed by atoms with Gasteiger partial charge < -0.3 is 4.52 Å². The lowest BCUT2D eigenvalue weighted by Crippen LogP contribution is -2.19. The second-order valence-electron chi connectivity index (χ2n) is 2.90. The molecule has 0 aromatic heterocycles. The van der Waals surface area contributed by atoms with Crippen LogP contribution in [0.4, 0.5) is 13.2 Å². The van der Waals surface area contributed by atoms with Crippen LogP contribution in [0.1, 0.15) is 0 Å². The number of hydrogen-bond donors (Lipinski definition) is 0. The first-order chi connectivity index (χ1) is 5.90. The Hall–Kier alpha value is 0.100. The fourth-order valence-electron chi connectivity index (χ4n) is 1.05. The lowest BCUT2D eigenvalue weighted by Gasteiger charge is -2.23. The molecule has 0 amide bonds. The highest BCUT2D eigenvalue weighted by molar-refractivity contribution is 7.47. The van der Waals surface area contributed by atoms with Gasteiger partial charge in [0, 0.05) is 13.1 Å². The van der Waals surface area contributed by atoms with Crippen molar-refractivity contribution in [1.29, 1.82) is 0 Å². The van der Waals surface area contributed by atoms with Crippen LogP contribution in [0.2, 0.25) is 0 Å². The SMILES string of the molecule is CN1CCN(C)P1OCC(F)(F)F. The van der Waals surface area contributed by atoms with Crippen LogP contribution in [-0.4, -0.2) is 49.3 Å². The summed E-state index contributed by atoms with van der Waals surface area (Å²) < 4.78 is 43.8. The molecular formula is C6H12F3N2OP. The smallest absolute Gasteiger partial charge is 0.322 e. The minimum atomic E-state index is -4.23. The van der Waals surface area contributed by atoms with E-state index in [1.807, 2.05) is 0 Å². The second kappa shape index (κ2) is 4.09. The molecule has 13 heavy (non-hydrogen) atoms. The van der Waals surface area contributed by atoms with E-state index < -0.39 is 21.2 Å². The van der Waals surface area contributed by atoms with Crippen LogP contribution in [0.25, 0.3) is 0 Å². The number of alkyl halides is 3. The molecule has 0 saturated carbocycles. The first kappa shape index (κ1) is 11.2. The van der Waals surface area contributed by atoms with Gasteiger partial charge in [-0.3, -0.25) is 0 Å². The quantitative estimate of drug-likeness (QED) is 0.653. The molecule has 0 unspecified atom stereocenters. The van der Waals surface area contributed by atoms with Gasteiger partial charge in [-0.25, -0.2) is 9.34 Å². The summed E-state index contributed by atoms with van der Waals surface area (Å²) in [6.45, 7) is 0.369. The molecule has 0 bridgehead atoms. The van der Waals surface area contributed by atoms with E-state index in [4.69, 9.17) is 4.52 Å². The van der Waals surface area contributed by atoms with Crippen LogP contribution in [0.3, 0.4) is 0 Å². The van der Waals surface area contributed by atoms with Crippen molar-refractivity contribution in [2.75, 3.05) is 33.8 Å². The van der Waals surface area contributed by atoms with Gasteiger partial charge in [0.1, 0.15) is 6.61 Å². The predicted molar refractivity (Wildman–Crippen MR) is 44.2 cm³/mol. The summed E-state index contributed by atoms with van der Waals surface area (Å²) in [7, 11) is 2.35. The van der Waals surface area contributed by atoms with Crippen molar-refractivity contribution < 1.29 is 17.7 Å². The fourth-order valence-corrected chi connectivity index (χ4v) is 2.75. The van der Waals surface area contributed by atoms with E-state index in [0.29, 0.717) is 0 Å². The summed E-state index contributed by atoms with van der Waals surface area (Å²) in [6.07, 6.45) is -4.23. The molecule has 0 spiro atoms. The van der Waals surface area contributed by atoms with Crippen LogP contribution < -0.4 is 0 Å². The molecule has 0 radical (unpaired) electrons. The second-order valence-corrected chi connectivity index (χ2v) is 5.03. The fraction of sp³-hybridized carbons (Fsp3) is 1.00. The summed E-state index contributed by atoms with van der Waals surface area (Å²) in [5.74, 6) is 0. The molecule has 1 rings (SSSR count). The van der Waals surface area contributed by atoms with Crippen molar-refractivity contribution in [2.24, 2.45) is 0 Å². The van der Waals surface area contributed by atoms with Crippen LogP contribution in [0.5, 0.6) is 0 Å². The molecule has 3 nitrogen and oxygen atoms in total. The van der Waals surface area contributed by atoms with Gasteiger partial charge in [0.05, 0.1) is 0 Å². The summed E-state index contributed by atoms with van der Waals surface area (Å²) >= 11 is 0. The van der Waals surface area contributed by atoms with Gasteiger partial charge in [0.2, 0.25) is 0 Å². The normalized spacial score (nSPS) is 22.8. The maximum atomic E-state index is 11.8. The summed E-state index contributed by atoms with van der Waals surface area (Å²) in [4.78, 5) is 0. The summed E-state index contributed by atoms with van der Waals surface area (Å²) in [5.41, 5.74) is 0. The minimum absolute atomic E-state index is 0.764. The van der Waals surface area contributed by atoms with Gasteiger partial charge in [0.25, 0.3) is 0 Å². The largest absolute Gasteiger partial charge is 0.412 e. The molecule has 0 aliphatic carbocycles. The van der Waals surface area contributed by atoms with Gasteiger partial charge in [-0.2, -0.15) is 13.2 Å². The molecule has 1 fully saturated rings. The Morgan fingerprint density at radius 1 is 1.23 bits per heavy atom. The maximum Gasteiger partial charge on any atom is 0.412 e. The highest BCUT2D eigenvalue weighted by atomic mass is 31.2. The van der Waals surface area contributed by atoms with E-state index in [1.54, 1.807) is 23.4 Å². The molecule has 7 heteroatoms. The summed E-state index contributed by atoms with van der Waals surface area (Å²) in [5, 5.41) is 0. The number of likely N-dealkylation sites (N-methyl/N-ethyl adjacent to an activating group) is 2. The van der Waals surface area contributed by atoms with E-state index in [1.165, 1.54) is 0 Å². The lowest BCUT2D eigenvalue weighted by atomic mass is 10.6. The topological polar surface area (TPSA) is 15.7 Å². The summed E-state index contributed by atoms with van der Waals surface area (Å²) in [6, 6.07) is 0. The Balaban J connectivity index is 2.35. The van der Waals surface area contributed by atoms with Crippen LogP contribution in [-0.2, 0) is 4.52 Å². The van der Waals surface area contributed by atoms with Gasteiger partial charge in [-0.15, -0.1) is 0 Å². The van der Waals surface area contributed by atoms with Crippen molar-refractivity contribution in [3.63, 3.8) is 0 Å². The highest BCUT2D eigenvalue weighted by Gasteiger charge is 2.34. The Morgan fingerprint density at radius 2 is 1.69 bits per heavy atom. The predicted octanol–water partition coefficient (Wildman–Crippen LogP) is 1.67. The van der Waals surface area contributed by atoms with E-state index >= 15 is 0 Å². The molecule has 0 aromatic rings. The molecule has 1 aliphatic rings. The van der Waals surface area contributed by atoms with E-state index in [0.717, 1.165) is 13.1 Å². The number of rotatable bonds is 2. The van der Waals surface area contributed by atoms with E-state index in [-0.39, 0.29) is 0 Å². The van der Waals surface area contributed by atoms with Crippen molar-refractivity contribution in [3.05, 3.63) is 0 Å².